The van der Waals surface area contributed by atoms with E-state index in [4.69, 9.17) is 5.73 Å². The smallest absolute Gasteiger partial charge is 0.257 e. The minimum Gasteiger partial charge on any atom is -0.368 e. The van der Waals surface area contributed by atoms with Crippen LogP contribution in [0.1, 0.15) is 28.0 Å². The number of likely N-dealkylation sites (tertiary alicyclic amines) is 1. The minimum absolute atomic E-state index is 0.129. The summed E-state index contributed by atoms with van der Waals surface area (Å²) in [5.41, 5.74) is 7.29. The second-order valence-electron chi connectivity index (χ2n) is 7.24. The number of para-hydroxylation sites is 1. The Hall–Kier alpha value is -3.16. The number of hydrogen-bond donors (Lipinski definition) is 1. The number of rotatable bonds is 3. The van der Waals surface area contributed by atoms with E-state index in [0.717, 1.165) is 5.56 Å². The zero-order chi connectivity index (χ0) is 19.3. The molecule has 2 aliphatic rings. The molecule has 1 saturated heterocycles. The molecule has 2 N–H and O–H groups in total. The molecule has 0 saturated carbocycles. The van der Waals surface area contributed by atoms with Gasteiger partial charge in [0, 0.05) is 32.0 Å². The van der Waals surface area contributed by atoms with Crippen molar-refractivity contribution in [2.75, 3.05) is 24.5 Å². The second kappa shape index (κ2) is 5.94. The molecule has 0 radical (unpaired) electrons. The number of aryl methyl sites for hydroxylation is 2. The van der Waals surface area contributed by atoms with Crippen molar-refractivity contribution in [3.63, 3.8) is 0 Å². The van der Waals surface area contributed by atoms with Gasteiger partial charge in [-0.25, -0.2) is 0 Å². The number of aromatic nitrogens is 2. The van der Waals surface area contributed by atoms with Crippen molar-refractivity contribution in [3.05, 3.63) is 47.3 Å². The standard InChI is InChI=1S/C19H21N5O3/c1-12-13(9-22(2)21-12)17(26)23-8-7-19(11-23)14-5-3-4-6-15(14)24(18(19)27)10-16(20)25/h3-6,9H,7-8,10-11H2,1-2H3,(H2,20,25)/t19-/m1/s1. The molecule has 140 valence electrons. The van der Waals surface area contributed by atoms with Crippen LogP contribution in [0.4, 0.5) is 5.69 Å². The lowest BCUT2D eigenvalue weighted by atomic mass is 9.81. The average Bonchev–Trinajstić information content (AvgIpc) is 3.28. The maximum atomic E-state index is 13.3. The van der Waals surface area contributed by atoms with E-state index < -0.39 is 11.3 Å². The van der Waals surface area contributed by atoms with E-state index >= 15 is 0 Å². The number of primary amides is 1. The summed E-state index contributed by atoms with van der Waals surface area (Å²) in [4.78, 5) is 40.8. The number of nitrogens with zero attached hydrogens (tertiary/aromatic N) is 4. The van der Waals surface area contributed by atoms with E-state index in [1.54, 1.807) is 29.7 Å². The van der Waals surface area contributed by atoms with Crippen molar-refractivity contribution in [2.24, 2.45) is 12.8 Å². The molecule has 2 aromatic rings. The van der Waals surface area contributed by atoms with Gasteiger partial charge >= 0.3 is 0 Å². The number of anilines is 1. The first kappa shape index (κ1) is 17.3. The molecule has 1 aromatic carbocycles. The Bertz CT molecular complexity index is 966. The van der Waals surface area contributed by atoms with Crippen LogP contribution in [-0.4, -0.2) is 52.0 Å². The fourth-order valence-corrected chi connectivity index (χ4v) is 4.27. The lowest BCUT2D eigenvalue weighted by Crippen LogP contribution is -2.45. The molecule has 0 bridgehead atoms. The molecule has 1 aromatic heterocycles. The highest BCUT2D eigenvalue weighted by atomic mass is 16.2. The number of nitrogens with two attached hydrogens (primary N) is 1. The Labute approximate surface area is 156 Å². The van der Waals surface area contributed by atoms with E-state index in [-0.39, 0.29) is 24.9 Å². The number of carbonyl (C=O) groups is 3. The maximum absolute atomic E-state index is 13.3. The Kier molecular flexibility index (Phi) is 3.80. The Morgan fingerprint density at radius 1 is 1.30 bits per heavy atom. The van der Waals surface area contributed by atoms with Gasteiger partial charge in [-0.3, -0.25) is 19.1 Å². The molecule has 0 unspecified atom stereocenters. The lowest BCUT2D eigenvalue weighted by Gasteiger charge is -2.24. The van der Waals surface area contributed by atoms with Crippen molar-refractivity contribution < 1.29 is 14.4 Å². The summed E-state index contributed by atoms with van der Waals surface area (Å²) in [5.74, 6) is -0.857. The summed E-state index contributed by atoms with van der Waals surface area (Å²) in [7, 11) is 1.77. The van der Waals surface area contributed by atoms with E-state index in [9.17, 15) is 14.4 Å². The van der Waals surface area contributed by atoms with Crippen molar-refractivity contribution in [1.82, 2.24) is 14.7 Å². The summed E-state index contributed by atoms with van der Waals surface area (Å²) in [6.07, 6.45) is 2.22. The molecule has 3 heterocycles. The highest BCUT2D eigenvalue weighted by molar-refractivity contribution is 6.11. The van der Waals surface area contributed by atoms with Gasteiger partial charge < -0.3 is 15.5 Å². The van der Waals surface area contributed by atoms with E-state index in [2.05, 4.69) is 5.10 Å². The van der Waals surface area contributed by atoms with E-state index in [0.29, 0.717) is 29.9 Å². The highest BCUT2D eigenvalue weighted by Gasteiger charge is 2.55. The van der Waals surface area contributed by atoms with Crippen LogP contribution in [-0.2, 0) is 22.1 Å². The first-order chi connectivity index (χ1) is 12.8. The van der Waals surface area contributed by atoms with E-state index in [1.807, 2.05) is 24.3 Å². The van der Waals surface area contributed by atoms with Crippen molar-refractivity contribution in [2.45, 2.75) is 18.8 Å². The topological polar surface area (TPSA) is 102 Å². The summed E-state index contributed by atoms with van der Waals surface area (Å²) in [6, 6.07) is 7.42. The predicted octanol–water partition coefficient (Wildman–Crippen LogP) is 0.344. The van der Waals surface area contributed by atoms with Gasteiger partial charge in [-0.05, 0) is 25.0 Å². The minimum atomic E-state index is -0.822. The summed E-state index contributed by atoms with van der Waals surface area (Å²) in [5, 5.41) is 4.23. The van der Waals surface area contributed by atoms with Crippen molar-refractivity contribution in [1.29, 1.82) is 0 Å². The molecule has 8 heteroatoms. The van der Waals surface area contributed by atoms with Crippen LogP contribution >= 0.6 is 0 Å². The third kappa shape index (κ3) is 2.51. The average molecular weight is 367 g/mol. The monoisotopic (exact) mass is 367 g/mol. The van der Waals surface area contributed by atoms with Gasteiger partial charge in [-0.2, -0.15) is 5.10 Å². The van der Waals surface area contributed by atoms with Crippen molar-refractivity contribution in [3.8, 4) is 0 Å². The van der Waals surface area contributed by atoms with Gasteiger partial charge in [0.15, 0.2) is 0 Å². The van der Waals surface area contributed by atoms with Gasteiger partial charge in [0.1, 0.15) is 6.54 Å². The summed E-state index contributed by atoms with van der Waals surface area (Å²) < 4.78 is 1.61. The normalized spacial score (nSPS) is 21.2. The van der Waals surface area contributed by atoms with Crippen LogP contribution in [0.15, 0.2) is 30.5 Å². The van der Waals surface area contributed by atoms with Crippen LogP contribution in [0.2, 0.25) is 0 Å². The zero-order valence-electron chi connectivity index (χ0n) is 15.3. The van der Waals surface area contributed by atoms with Gasteiger partial charge in [0.25, 0.3) is 5.91 Å². The largest absolute Gasteiger partial charge is 0.368 e. The summed E-state index contributed by atoms with van der Waals surface area (Å²) in [6.45, 7) is 2.39. The van der Waals surface area contributed by atoms with Crippen LogP contribution < -0.4 is 10.6 Å². The number of fused-ring (bicyclic) bond motifs is 2. The lowest BCUT2D eigenvalue weighted by molar-refractivity contribution is -0.125. The van der Waals surface area contributed by atoms with E-state index in [1.165, 1.54) is 4.90 Å². The molecule has 2 aliphatic heterocycles. The third-order valence-electron chi connectivity index (χ3n) is 5.48. The molecular formula is C19H21N5O3. The Balaban J connectivity index is 1.68. The molecule has 1 atom stereocenters. The zero-order valence-corrected chi connectivity index (χ0v) is 15.3. The molecule has 0 aliphatic carbocycles. The number of benzene rings is 1. The van der Waals surface area contributed by atoms with Crippen LogP contribution in [0.25, 0.3) is 0 Å². The van der Waals surface area contributed by atoms with Gasteiger partial charge in [0.05, 0.1) is 16.7 Å². The Morgan fingerprint density at radius 3 is 2.70 bits per heavy atom. The van der Waals surface area contributed by atoms with Crippen LogP contribution in [0.5, 0.6) is 0 Å². The summed E-state index contributed by atoms with van der Waals surface area (Å²) >= 11 is 0. The predicted molar refractivity (Wildman–Crippen MR) is 98.1 cm³/mol. The number of hydrogen-bond acceptors (Lipinski definition) is 4. The first-order valence-electron chi connectivity index (χ1n) is 8.83. The van der Waals surface area contributed by atoms with Gasteiger partial charge in [-0.1, -0.05) is 18.2 Å². The number of carbonyl (C=O) groups excluding carboxylic acids is 3. The fourth-order valence-electron chi connectivity index (χ4n) is 4.27. The highest BCUT2D eigenvalue weighted by Crippen LogP contribution is 2.47. The van der Waals surface area contributed by atoms with Gasteiger partial charge in [0.2, 0.25) is 11.8 Å². The van der Waals surface area contributed by atoms with Crippen LogP contribution in [0, 0.1) is 6.92 Å². The molecule has 1 fully saturated rings. The molecule has 1 spiro atoms. The molecule has 8 nitrogen and oxygen atoms in total. The third-order valence-corrected chi connectivity index (χ3v) is 5.48. The Morgan fingerprint density at radius 2 is 2.04 bits per heavy atom. The molecular weight excluding hydrogens is 346 g/mol. The SMILES string of the molecule is Cc1nn(C)cc1C(=O)N1CC[C@]2(C1)C(=O)N(CC(N)=O)c1ccccc12. The molecule has 3 amide bonds. The number of amides is 3. The second-order valence-corrected chi connectivity index (χ2v) is 7.24. The van der Waals surface area contributed by atoms with Crippen LogP contribution in [0.3, 0.4) is 0 Å². The van der Waals surface area contributed by atoms with Gasteiger partial charge in [-0.15, -0.1) is 0 Å². The quantitative estimate of drug-likeness (QED) is 0.845. The first-order valence-corrected chi connectivity index (χ1v) is 8.83. The maximum Gasteiger partial charge on any atom is 0.257 e. The molecule has 4 rings (SSSR count). The van der Waals surface area contributed by atoms with Crippen molar-refractivity contribution >= 4 is 23.4 Å². The molecule has 27 heavy (non-hydrogen) atoms. The fraction of sp³-hybridized carbons (Fsp3) is 0.368.